The summed E-state index contributed by atoms with van der Waals surface area (Å²) in [5.74, 6) is -0.164. The molecule has 22 heavy (non-hydrogen) atoms. The first-order valence-corrected chi connectivity index (χ1v) is 7.60. The van der Waals surface area contributed by atoms with E-state index in [1.165, 1.54) is 0 Å². The number of nitrogens with zero attached hydrogens (tertiary/aromatic N) is 3. The molecule has 0 saturated heterocycles. The molecule has 7 heteroatoms. The fourth-order valence-corrected chi connectivity index (χ4v) is 2.90. The van der Waals surface area contributed by atoms with Crippen molar-refractivity contribution in [2.45, 2.75) is 52.5 Å². The van der Waals surface area contributed by atoms with Gasteiger partial charge in [-0.25, -0.2) is 4.98 Å². The molecule has 1 aliphatic rings. The predicted molar refractivity (Wildman–Crippen MR) is 80.3 cm³/mol. The van der Waals surface area contributed by atoms with Crippen LogP contribution in [-0.4, -0.2) is 31.8 Å². The molecule has 0 spiro atoms. The number of imidazole rings is 1. The number of carbonyl (C=O) groups is 1. The number of hydrogen-bond donors (Lipinski definition) is 2. The minimum absolute atomic E-state index is 0.0608. The van der Waals surface area contributed by atoms with Gasteiger partial charge in [0.05, 0.1) is 36.5 Å². The normalized spacial score (nSPS) is 20.7. The highest BCUT2D eigenvalue weighted by molar-refractivity contribution is 5.94. The van der Waals surface area contributed by atoms with E-state index in [2.05, 4.69) is 20.5 Å². The average molecular weight is 303 g/mol. The van der Waals surface area contributed by atoms with Gasteiger partial charge in [-0.2, -0.15) is 5.10 Å². The van der Waals surface area contributed by atoms with Crippen molar-refractivity contribution in [3.63, 3.8) is 0 Å². The number of amides is 1. The lowest BCUT2D eigenvalue weighted by Gasteiger charge is -2.25. The van der Waals surface area contributed by atoms with Crippen LogP contribution < -0.4 is 5.32 Å². The first-order valence-electron chi connectivity index (χ1n) is 7.60. The van der Waals surface area contributed by atoms with Gasteiger partial charge in [0.2, 0.25) is 0 Å². The number of hydrogen-bond acceptors (Lipinski definition) is 4. The van der Waals surface area contributed by atoms with E-state index in [0.29, 0.717) is 18.7 Å². The van der Waals surface area contributed by atoms with Gasteiger partial charge in [0.15, 0.2) is 5.69 Å². The highest BCUT2D eigenvalue weighted by atomic mass is 16.5. The fraction of sp³-hybridized carbons (Fsp3) is 0.533. The lowest BCUT2D eigenvalue weighted by atomic mass is 9.99. The van der Waals surface area contributed by atoms with Gasteiger partial charge >= 0.3 is 0 Å². The predicted octanol–water partition coefficient (Wildman–Crippen LogP) is 1.58. The molecule has 0 unspecified atom stereocenters. The zero-order chi connectivity index (χ0) is 15.7. The monoisotopic (exact) mass is 303 g/mol. The van der Waals surface area contributed by atoms with Crippen LogP contribution in [0.4, 0.5) is 0 Å². The van der Waals surface area contributed by atoms with E-state index >= 15 is 0 Å². The molecule has 7 nitrogen and oxygen atoms in total. The van der Waals surface area contributed by atoms with Gasteiger partial charge in [-0.15, -0.1) is 0 Å². The molecule has 0 saturated carbocycles. The zero-order valence-corrected chi connectivity index (χ0v) is 13.1. The summed E-state index contributed by atoms with van der Waals surface area (Å²) in [6.45, 7) is 7.28. The van der Waals surface area contributed by atoms with Crippen molar-refractivity contribution in [1.82, 2.24) is 25.1 Å². The molecule has 1 amide bonds. The van der Waals surface area contributed by atoms with Crippen molar-refractivity contribution < 1.29 is 9.53 Å². The Morgan fingerprint density at radius 3 is 3.14 bits per heavy atom. The van der Waals surface area contributed by atoms with Crippen LogP contribution in [0.15, 0.2) is 12.5 Å². The molecule has 2 aromatic heterocycles. The van der Waals surface area contributed by atoms with Crippen LogP contribution in [0, 0.1) is 0 Å². The van der Waals surface area contributed by atoms with Crippen molar-refractivity contribution in [2.75, 3.05) is 0 Å². The largest absolute Gasteiger partial charge is 0.369 e. The fourth-order valence-electron chi connectivity index (χ4n) is 2.90. The SMILES string of the molecule is CCn1cncc1CNC(=O)c1n[nH]c2c1C[C@H](C)O[C@@H]2C. The lowest BCUT2D eigenvalue weighted by molar-refractivity contribution is -0.00697. The molecule has 0 fully saturated rings. The van der Waals surface area contributed by atoms with E-state index < -0.39 is 0 Å². The van der Waals surface area contributed by atoms with Crippen molar-refractivity contribution in [1.29, 1.82) is 0 Å². The molecule has 2 aromatic rings. The van der Waals surface area contributed by atoms with E-state index in [1.54, 1.807) is 12.5 Å². The number of aromatic nitrogens is 4. The number of nitrogens with one attached hydrogen (secondary N) is 2. The zero-order valence-electron chi connectivity index (χ0n) is 13.1. The van der Waals surface area contributed by atoms with E-state index in [9.17, 15) is 4.79 Å². The molecule has 1 aliphatic heterocycles. The highest BCUT2D eigenvalue weighted by Gasteiger charge is 2.29. The number of carbonyl (C=O) groups excluding carboxylic acids is 1. The number of aryl methyl sites for hydroxylation is 1. The summed E-state index contributed by atoms with van der Waals surface area (Å²) in [5, 5.41) is 10.0. The van der Waals surface area contributed by atoms with Crippen LogP contribution >= 0.6 is 0 Å². The van der Waals surface area contributed by atoms with E-state index in [1.807, 2.05) is 25.3 Å². The van der Waals surface area contributed by atoms with Crippen LogP contribution in [-0.2, 0) is 24.2 Å². The second-order valence-electron chi connectivity index (χ2n) is 5.61. The van der Waals surface area contributed by atoms with Gasteiger partial charge in [-0.05, 0) is 20.8 Å². The molecule has 3 rings (SSSR count). The molecule has 2 atom stereocenters. The maximum atomic E-state index is 12.4. The second kappa shape index (κ2) is 5.92. The highest BCUT2D eigenvalue weighted by Crippen LogP contribution is 2.29. The molecule has 0 aliphatic carbocycles. The van der Waals surface area contributed by atoms with Crippen molar-refractivity contribution in [2.24, 2.45) is 0 Å². The third-order valence-corrected chi connectivity index (χ3v) is 4.02. The minimum atomic E-state index is -0.164. The Morgan fingerprint density at radius 1 is 1.55 bits per heavy atom. The summed E-state index contributed by atoms with van der Waals surface area (Å²) in [4.78, 5) is 16.5. The van der Waals surface area contributed by atoms with Gasteiger partial charge < -0.3 is 14.6 Å². The number of ether oxygens (including phenoxy) is 1. The molecular formula is C15H21N5O2. The Hall–Kier alpha value is -2.15. The lowest BCUT2D eigenvalue weighted by Crippen LogP contribution is -2.28. The topological polar surface area (TPSA) is 84.8 Å². The van der Waals surface area contributed by atoms with Gasteiger partial charge in [0.25, 0.3) is 5.91 Å². The van der Waals surface area contributed by atoms with Gasteiger partial charge in [-0.3, -0.25) is 9.89 Å². The van der Waals surface area contributed by atoms with Crippen LogP contribution in [0.25, 0.3) is 0 Å². The molecular weight excluding hydrogens is 282 g/mol. The van der Waals surface area contributed by atoms with Crippen LogP contribution in [0.1, 0.15) is 54.3 Å². The molecule has 0 bridgehead atoms. The molecule has 0 radical (unpaired) electrons. The quantitative estimate of drug-likeness (QED) is 0.898. The minimum Gasteiger partial charge on any atom is -0.369 e. The van der Waals surface area contributed by atoms with Crippen LogP contribution in [0.5, 0.6) is 0 Å². The average Bonchev–Trinajstić information content (AvgIpc) is 3.10. The molecule has 2 N–H and O–H groups in total. The number of aromatic amines is 1. The summed E-state index contributed by atoms with van der Waals surface area (Å²) in [5.41, 5.74) is 3.32. The smallest absolute Gasteiger partial charge is 0.272 e. The number of rotatable bonds is 4. The molecule has 118 valence electrons. The third-order valence-electron chi connectivity index (χ3n) is 4.02. The summed E-state index contributed by atoms with van der Waals surface area (Å²) in [6.07, 6.45) is 4.26. The Balaban J connectivity index is 1.74. The Bertz CT molecular complexity index is 675. The maximum Gasteiger partial charge on any atom is 0.272 e. The first kappa shape index (κ1) is 14.8. The van der Waals surface area contributed by atoms with E-state index in [-0.39, 0.29) is 18.1 Å². The molecule has 0 aromatic carbocycles. The van der Waals surface area contributed by atoms with E-state index in [4.69, 9.17) is 4.74 Å². The van der Waals surface area contributed by atoms with Crippen molar-refractivity contribution in [3.8, 4) is 0 Å². The van der Waals surface area contributed by atoms with Gasteiger partial charge in [-0.1, -0.05) is 0 Å². The first-order chi connectivity index (χ1) is 10.6. The van der Waals surface area contributed by atoms with Crippen molar-refractivity contribution >= 4 is 5.91 Å². The summed E-state index contributed by atoms with van der Waals surface area (Å²) < 4.78 is 7.74. The van der Waals surface area contributed by atoms with Crippen LogP contribution in [0.2, 0.25) is 0 Å². The Labute approximate surface area is 129 Å². The number of H-pyrrole nitrogens is 1. The second-order valence-corrected chi connectivity index (χ2v) is 5.61. The standard InChI is InChI=1S/C15H21N5O2/c1-4-20-8-16-6-11(20)7-17-15(21)14-12-5-9(2)22-10(3)13(12)18-19-14/h6,8-10H,4-5,7H2,1-3H3,(H,17,21)(H,18,19)/t9-,10+/m0/s1. The number of fused-ring (bicyclic) bond motifs is 1. The Morgan fingerprint density at radius 2 is 2.36 bits per heavy atom. The summed E-state index contributed by atoms with van der Waals surface area (Å²) in [7, 11) is 0. The molecule has 3 heterocycles. The summed E-state index contributed by atoms with van der Waals surface area (Å²) in [6, 6.07) is 0. The van der Waals surface area contributed by atoms with Gasteiger partial charge in [0, 0.05) is 24.7 Å². The van der Waals surface area contributed by atoms with Crippen LogP contribution in [0.3, 0.4) is 0 Å². The third kappa shape index (κ3) is 2.64. The van der Waals surface area contributed by atoms with Gasteiger partial charge in [0.1, 0.15) is 0 Å². The maximum absolute atomic E-state index is 12.4. The van der Waals surface area contributed by atoms with E-state index in [0.717, 1.165) is 23.5 Å². The summed E-state index contributed by atoms with van der Waals surface area (Å²) >= 11 is 0. The Kier molecular flexibility index (Phi) is 3.98. The van der Waals surface area contributed by atoms with Crippen molar-refractivity contribution in [3.05, 3.63) is 35.2 Å².